The van der Waals surface area contributed by atoms with E-state index in [4.69, 9.17) is 17.0 Å². The summed E-state index contributed by atoms with van der Waals surface area (Å²) in [5.74, 6) is -1.26. The molecule has 0 aliphatic heterocycles. The highest BCUT2D eigenvalue weighted by Gasteiger charge is 2.19. The second kappa shape index (κ2) is 8.09. The van der Waals surface area contributed by atoms with Crippen molar-refractivity contribution in [2.45, 2.75) is 0 Å². The smallest absolute Gasteiger partial charge is 0.201 e. The summed E-state index contributed by atoms with van der Waals surface area (Å²) in [4.78, 5) is 9.31. The zero-order valence-corrected chi connectivity index (χ0v) is 16.0. The van der Waals surface area contributed by atoms with Gasteiger partial charge in [-0.2, -0.15) is 0 Å². The molecule has 0 spiro atoms. The van der Waals surface area contributed by atoms with Crippen molar-refractivity contribution < 1.29 is 14.0 Å². The van der Waals surface area contributed by atoms with Crippen LogP contribution in [0.4, 0.5) is 20.4 Å². The molecule has 0 atom stereocenters. The van der Waals surface area contributed by atoms with Gasteiger partial charge in [-0.15, -0.1) is 0 Å². The number of hydroxylamine groups is 1. The molecule has 1 heterocycles. The maximum Gasteiger partial charge on any atom is 0.201 e. The Morgan fingerprint density at radius 1 is 1.29 bits per heavy atom. The number of hydrogen-bond donors (Lipinski definition) is 4. The molecule has 0 saturated heterocycles. The van der Waals surface area contributed by atoms with Gasteiger partial charge < -0.3 is 15.2 Å². The number of imidazole rings is 1. The molecule has 28 heavy (non-hydrogen) atoms. The van der Waals surface area contributed by atoms with E-state index < -0.39 is 17.5 Å². The maximum absolute atomic E-state index is 14.1. The van der Waals surface area contributed by atoms with E-state index in [9.17, 15) is 14.0 Å². The Bertz CT molecular complexity index is 1020. The molecule has 0 aliphatic carbocycles. The molecule has 0 bridgehead atoms. The van der Waals surface area contributed by atoms with Crippen molar-refractivity contribution in [2.75, 3.05) is 37.6 Å². The highest BCUT2D eigenvalue weighted by Crippen LogP contribution is 2.26. The summed E-state index contributed by atoms with van der Waals surface area (Å²) in [5, 5.41) is 22.0. The fourth-order valence-electron chi connectivity index (χ4n) is 2.60. The van der Waals surface area contributed by atoms with E-state index in [0.717, 1.165) is 18.7 Å². The normalized spacial score (nSPS) is 11.2. The summed E-state index contributed by atoms with van der Waals surface area (Å²) in [6.45, 7) is 1.38. The number of nitrogens with zero attached hydrogens (tertiary/aromatic N) is 3. The number of fused-ring (bicyclic) bond motifs is 1. The Hall–Kier alpha value is -2.75. The highest BCUT2D eigenvalue weighted by molar-refractivity contribution is 6.31. The van der Waals surface area contributed by atoms with Crippen molar-refractivity contribution in [1.29, 1.82) is 5.41 Å². The third-order valence-electron chi connectivity index (χ3n) is 4.02. The van der Waals surface area contributed by atoms with Crippen molar-refractivity contribution in [1.82, 2.24) is 14.9 Å². The quantitative estimate of drug-likeness (QED) is 0.284. The molecule has 0 amide bonds. The van der Waals surface area contributed by atoms with Crippen LogP contribution in [0, 0.1) is 17.0 Å². The lowest BCUT2D eigenvalue weighted by molar-refractivity contribution is 0.312. The van der Waals surface area contributed by atoms with Crippen LogP contribution in [-0.2, 0) is 0 Å². The molecule has 2 aromatic carbocycles. The van der Waals surface area contributed by atoms with Crippen LogP contribution in [-0.4, -0.2) is 53.1 Å². The summed E-state index contributed by atoms with van der Waals surface area (Å²) in [5.41, 5.74) is 0.812. The maximum atomic E-state index is 14.1. The first-order chi connectivity index (χ1) is 13.3. The Morgan fingerprint density at radius 3 is 2.71 bits per heavy atom. The fraction of sp³-hybridized carbons (Fsp3) is 0.222. The van der Waals surface area contributed by atoms with Crippen LogP contribution in [0.5, 0.6) is 0 Å². The van der Waals surface area contributed by atoms with Gasteiger partial charge in [-0.1, -0.05) is 11.6 Å². The van der Waals surface area contributed by atoms with E-state index in [1.54, 1.807) is 0 Å². The van der Waals surface area contributed by atoms with Crippen LogP contribution < -0.4 is 10.4 Å². The van der Waals surface area contributed by atoms with Crippen molar-refractivity contribution in [3.63, 3.8) is 0 Å². The van der Waals surface area contributed by atoms with Crippen LogP contribution >= 0.6 is 11.6 Å². The van der Waals surface area contributed by atoms with Crippen molar-refractivity contribution >= 4 is 40.1 Å². The zero-order valence-electron chi connectivity index (χ0n) is 15.2. The van der Waals surface area contributed by atoms with Gasteiger partial charge >= 0.3 is 0 Å². The molecule has 7 nitrogen and oxygen atoms in total. The molecule has 148 valence electrons. The van der Waals surface area contributed by atoms with Crippen LogP contribution in [0.1, 0.15) is 5.56 Å². The van der Waals surface area contributed by atoms with Gasteiger partial charge in [-0.3, -0.25) is 10.6 Å². The first-order valence-electron chi connectivity index (χ1n) is 8.37. The molecule has 1 aromatic heterocycles. The number of halogens is 3. The van der Waals surface area contributed by atoms with Gasteiger partial charge in [0.05, 0.1) is 16.2 Å². The number of nitrogens with one attached hydrogen (secondary N) is 3. The average molecular weight is 409 g/mol. The summed E-state index contributed by atoms with van der Waals surface area (Å²) in [6.07, 6.45) is 0. The number of rotatable bonds is 6. The molecule has 3 rings (SSSR count). The molecule has 0 unspecified atom stereocenters. The number of aromatic nitrogens is 2. The number of aromatic amines is 1. The Balaban J connectivity index is 1.93. The minimum absolute atomic E-state index is 0.0636. The predicted octanol–water partition coefficient (Wildman–Crippen LogP) is 3.69. The second-order valence-corrected chi connectivity index (χ2v) is 6.83. The minimum atomic E-state index is -0.653. The second-order valence-electron chi connectivity index (χ2n) is 6.42. The van der Waals surface area contributed by atoms with Crippen molar-refractivity contribution in [2.24, 2.45) is 0 Å². The summed E-state index contributed by atoms with van der Waals surface area (Å²) < 4.78 is 27.4. The highest BCUT2D eigenvalue weighted by atomic mass is 35.5. The first-order valence-corrected chi connectivity index (χ1v) is 8.75. The lowest BCUT2D eigenvalue weighted by Gasteiger charge is -2.18. The Morgan fingerprint density at radius 2 is 2.04 bits per heavy atom. The van der Waals surface area contributed by atoms with Crippen molar-refractivity contribution in [3.05, 3.63) is 52.6 Å². The Kier molecular flexibility index (Phi) is 5.78. The topological polar surface area (TPSA) is 91.3 Å². The standard InChI is InChI=1S/C18H19ClF2N6O/c1-26(2)6-5-23-18-24-15-8-10(20)7-12(16(15)25-18)17(22)27(28)11-3-4-14(21)13(19)9-11/h3-4,7-9,22,28H,5-6H2,1-2H3,(H2,23,24,25). The van der Waals surface area contributed by atoms with E-state index in [2.05, 4.69) is 15.3 Å². The number of hydrogen-bond acceptors (Lipinski definition) is 5. The number of amidine groups is 1. The SMILES string of the molecule is CN(C)CCNc1nc2c(C(=N)N(O)c3ccc(F)c(Cl)c3)cc(F)cc2[nH]1. The average Bonchev–Trinajstić information content (AvgIpc) is 3.04. The van der Waals surface area contributed by atoms with Gasteiger partial charge in [-0.05, 0) is 44.4 Å². The van der Waals surface area contributed by atoms with Gasteiger partial charge in [0.15, 0.2) is 5.84 Å². The van der Waals surface area contributed by atoms with E-state index in [1.807, 2.05) is 19.0 Å². The van der Waals surface area contributed by atoms with Crippen LogP contribution in [0.25, 0.3) is 11.0 Å². The van der Waals surface area contributed by atoms with Crippen LogP contribution in [0.2, 0.25) is 5.02 Å². The number of H-pyrrole nitrogens is 1. The number of likely N-dealkylation sites (N-methyl/N-ethyl adjacent to an activating group) is 1. The van der Waals surface area contributed by atoms with Gasteiger partial charge in [0.2, 0.25) is 5.95 Å². The fourth-order valence-corrected chi connectivity index (χ4v) is 2.78. The summed E-state index contributed by atoms with van der Waals surface area (Å²) >= 11 is 5.73. The lowest BCUT2D eigenvalue weighted by Crippen LogP contribution is -2.27. The van der Waals surface area contributed by atoms with Crippen molar-refractivity contribution in [3.8, 4) is 0 Å². The monoisotopic (exact) mass is 408 g/mol. The van der Waals surface area contributed by atoms with E-state index in [1.165, 1.54) is 18.2 Å². The van der Waals surface area contributed by atoms with Gasteiger partial charge in [0.1, 0.15) is 17.2 Å². The summed E-state index contributed by atoms with van der Waals surface area (Å²) in [7, 11) is 3.87. The predicted molar refractivity (Wildman–Crippen MR) is 106 cm³/mol. The summed E-state index contributed by atoms with van der Waals surface area (Å²) in [6, 6.07) is 5.85. The minimum Gasteiger partial charge on any atom is -0.355 e. The van der Waals surface area contributed by atoms with E-state index in [-0.39, 0.29) is 16.3 Å². The molecule has 3 aromatic rings. The van der Waals surface area contributed by atoms with Gasteiger partial charge in [0, 0.05) is 18.7 Å². The third kappa shape index (κ3) is 4.22. The van der Waals surface area contributed by atoms with Crippen LogP contribution in [0.3, 0.4) is 0 Å². The largest absolute Gasteiger partial charge is 0.355 e. The number of anilines is 2. The molecule has 0 radical (unpaired) electrons. The molecular weight excluding hydrogens is 390 g/mol. The first kappa shape index (κ1) is 20.0. The molecule has 0 aliphatic rings. The van der Waals surface area contributed by atoms with Gasteiger partial charge in [0.25, 0.3) is 0 Å². The zero-order chi connectivity index (χ0) is 20.4. The Labute approximate surface area is 165 Å². The molecule has 0 fully saturated rings. The van der Waals surface area contributed by atoms with Gasteiger partial charge in [-0.25, -0.2) is 18.8 Å². The molecule has 0 saturated carbocycles. The number of benzene rings is 2. The van der Waals surface area contributed by atoms with Crippen LogP contribution in [0.15, 0.2) is 30.3 Å². The van der Waals surface area contributed by atoms with E-state index in [0.29, 0.717) is 28.6 Å². The van der Waals surface area contributed by atoms with E-state index >= 15 is 0 Å². The lowest BCUT2D eigenvalue weighted by atomic mass is 10.1. The molecule has 4 N–H and O–H groups in total. The third-order valence-corrected chi connectivity index (χ3v) is 4.31. The molecule has 10 heteroatoms. The molecular formula is C18H19ClF2N6O.